The maximum Gasteiger partial charge on any atom is 0.226 e. The first-order valence-corrected chi connectivity index (χ1v) is 5.99. The Morgan fingerprint density at radius 1 is 1.29 bits per heavy atom. The molecule has 0 saturated heterocycles. The molecule has 1 amide bonds. The standard InChI is InChI=1S/C14H22N2O/c1-11-4-6-12(7-5-11)8-9-16-13(17)14(2,3)10-15/h4-7H,8-10,15H2,1-3H3,(H,16,17). The van der Waals surface area contributed by atoms with Crippen molar-refractivity contribution in [2.45, 2.75) is 27.2 Å². The van der Waals surface area contributed by atoms with E-state index >= 15 is 0 Å². The second-order valence-electron chi connectivity index (χ2n) is 5.08. The normalized spacial score (nSPS) is 11.3. The minimum Gasteiger partial charge on any atom is -0.355 e. The lowest BCUT2D eigenvalue weighted by molar-refractivity contribution is -0.128. The summed E-state index contributed by atoms with van der Waals surface area (Å²) in [7, 11) is 0. The number of aryl methyl sites for hydroxylation is 1. The van der Waals surface area contributed by atoms with E-state index in [2.05, 4.69) is 36.5 Å². The van der Waals surface area contributed by atoms with Gasteiger partial charge in [-0.05, 0) is 32.8 Å². The number of nitrogens with one attached hydrogen (secondary N) is 1. The van der Waals surface area contributed by atoms with Crippen molar-refractivity contribution in [1.82, 2.24) is 5.32 Å². The van der Waals surface area contributed by atoms with E-state index in [1.165, 1.54) is 11.1 Å². The van der Waals surface area contributed by atoms with Crippen molar-refractivity contribution in [2.75, 3.05) is 13.1 Å². The lowest BCUT2D eigenvalue weighted by atomic mass is 9.92. The van der Waals surface area contributed by atoms with Gasteiger partial charge in [0.1, 0.15) is 0 Å². The molecular weight excluding hydrogens is 212 g/mol. The fourth-order valence-electron chi connectivity index (χ4n) is 1.41. The van der Waals surface area contributed by atoms with Gasteiger partial charge in [0.25, 0.3) is 0 Å². The molecule has 0 spiro atoms. The molecule has 0 bridgehead atoms. The number of carbonyl (C=O) groups excluding carboxylic acids is 1. The summed E-state index contributed by atoms with van der Waals surface area (Å²) < 4.78 is 0. The zero-order valence-corrected chi connectivity index (χ0v) is 10.9. The number of carbonyl (C=O) groups is 1. The van der Waals surface area contributed by atoms with E-state index in [1.807, 2.05) is 13.8 Å². The van der Waals surface area contributed by atoms with Crippen LogP contribution in [0, 0.1) is 12.3 Å². The Morgan fingerprint density at radius 2 is 1.88 bits per heavy atom. The number of hydrogen-bond acceptors (Lipinski definition) is 2. The van der Waals surface area contributed by atoms with Crippen LogP contribution in [-0.4, -0.2) is 19.0 Å². The number of benzene rings is 1. The number of amides is 1. The summed E-state index contributed by atoms with van der Waals surface area (Å²) in [5.41, 5.74) is 7.56. The highest BCUT2D eigenvalue weighted by Crippen LogP contribution is 2.12. The van der Waals surface area contributed by atoms with Crippen molar-refractivity contribution in [1.29, 1.82) is 0 Å². The second-order valence-corrected chi connectivity index (χ2v) is 5.08. The van der Waals surface area contributed by atoms with Crippen LogP contribution in [0.25, 0.3) is 0 Å². The molecule has 3 nitrogen and oxygen atoms in total. The molecule has 0 heterocycles. The number of nitrogens with two attached hydrogens (primary N) is 1. The second kappa shape index (κ2) is 5.82. The summed E-state index contributed by atoms with van der Waals surface area (Å²) >= 11 is 0. The summed E-state index contributed by atoms with van der Waals surface area (Å²) in [6, 6.07) is 8.35. The maximum absolute atomic E-state index is 11.7. The largest absolute Gasteiger partial charge is 0.355 e. The Labute approximate surface area is 103 Å². The van der Waals surface area contributed by atoms with Crippen LogP contribution in [0.4, 0.5) is 0 Å². The van der Waals surface area contributed by atoms with E-state index in [0.29, 0.717) is 13.1 Å². The van der Waals surface area contributed by atoms with Gasteiger partial charge >= 0.3 is 0 Å². The molecule has 1 rings (SSSR count). The molecule has 0 unspecified atom stereocenters. The molecule has 0 fully saturated rings. The van der Waals surface area contributed by atoms with Gasteiger partial charge in [-0.2, -0.15) is 0 Å². The van der Waals surface area contributed by atoms with Gasteiger partial charge in [-0.3, -0.25) is 4.79 Å². The van der Waals surface area contributed by atoms with Crippen molar-refractivity contribution in [2.24, 2.45) is 11.1 Å². The molecule has 0 radical (unpaired) electrons. The van der Waals surface area contributed by atoms with Crippen LogP contribution >= 0.6 is 0 Å². The van der Waals surface area contributed by atoms with Gasteiger partial charge in [0.05, 0.1) is 5.41 Å². The summed E-state index contributed by atoms with van der Waals surface area (Å²) in [6.07, 6.45) is 0.854. The number of hydrogen-bond donors (Lipinski definition) is 2. The van der Waals surface area contributed by atoms with Crippen LogP contribution in [0.3, 0.4) is 0 Å². The van der Waals surface area contributed by atoms with Crippen LogP contribution in [0.5, 0.6) is 0 Å². The summed E-state index contributed by atoms with van der Waals surface area (Å²) in [6.45, 7) is 6.80. The third-order valence-corrected chi connectivity index (χ3v) is 2.94. The SMILES string of the molecule is Cc1ccc(CCNC(=O)C(C)(C)CN)cc1. The Balaban J connectivity index is 2.38. The molecular formula is C14H22N2O. The molecule has 1 aromatic rings. The van der Waals surface area contributed by atoms with Crippen molar-refractivity contribution in [3.05, 3.63) is 35.4 Å². The van der Waals surface area contributed by atoms with E-state index in [9.17, 15) is 4.79 Å². The number of rotatable bonds is 5. The monoisotopic (exact) mass is 234 g/mol. The van der Waals surface area contributed by atoms with Crippen molar-refractivity contribution < 1.29 is 4.79 Å². The van der Waals surface area contributed by atoms with Crippen molar-refractivity contribution >= 4 is 5.91 Å². The maximum atomic E-state index is 11.7. The van der Waals surface area contributed by atoms with Gasteiger partial charge in [-0.15, -0.1) is 0 Å². The first-order valence-electron chi connectivity index (χ1n) is 5.99. The molecule has 0 saturated carbocycles. The predicted octanol–water partition coefficient (Wildman–Crippen LogP) is 1.64. The zero-order valence-electron chi connectivity index (χ0n) is 10.9. The van der Waals surface area contributed by atoms with Crippen LogP contribution in [-0.2, 0) is 11.2 Å². The fourth-order valence-corrected chi connectivity index (χ4v) is 1.41. The van der Waals surface area contributed by atoms with E-state index < -0.39 is 5.41 Å². The third-order valence-electron chi connectivity index (χ3n) is 2.94. The van der Waals surface area contributed by atoms with E-state index in [0.717, 1.165) is 6.42 Å². The van der Waals surface area contributed by atoms with Crippen molar-refractivity contribution in [3.8, 4) is 0 Å². The molecule has 0 atom stereocenters. The lowest BCUT2D eigenvalue weighted by Gasteiger charge is -2.21. The molecule has 0 aliphatic rings. The van der Waals surface area contributed by atoms with Crippen LogP contribution in [0.2, 0.25) is 0 Å². The van der Waals surface area contributed by atoms with Gasteiger partial charge in [0.2, 0.25) is 5.91 Å². The average Bonchev–Trinajstić information content (AvgIpc) is 2.31. The minimum atomic E-state index is -0.479. The molecule has 0 aliphatic carbocycles. The summed E-state index contributed by atoms with van der Waals surface area (Å²) in [4.78, 5) is 11.7. The highest BCUT2D eigenvalue weighted by molar-refractivity contribution is 5.82. The lowest BCUT2D eigenvalue weighted by Crippen LogP contribution is -2.42. The first-order chi connectivity index (χ1) is 7.95. The highest BCUT2D eigenvalue weighted by atomic mass is 16.2. The minimum absolute atomic E-state index is 0.0205. The zero-order chi connectivity index (χ0) is 12.9. The van der Waals surface area contributed by atoms with Crippen molar-refractivity contribution in [3.63, 3.8) is 0 Å². The van der Waals surface area contributed by atoms with Gasteiger partial charge in [0.15, 0.2) is 0 Å². The molecule has 17 heavy (non-hydrogen) atoms. The first kappa shape index (κ1) is 13.7. The smallest absolute Gasteiger partial charge is 0.226 e. The average molecular weight is 234 g/mol. The van der Waals surface area contributed by atoms with Gasteiger partial charge in [-0.1, -0.05) is 29.8 Å². The molecule has 3 heteroatoms. The quantitative estimate of drug-likeness (QED) is 0.813. The Bertz CT molecular complexity index is 368. The van der Waals surface area contributed by atoms with Gasteiger partial charge < -0.3 is 11.1 Å². The van der Waals surface area contributed by atoms with Crippen LogP contribution < -0.4 is 11.1 Å². The molecule has 3 N–H and O–H groups in total. The Hall–Kier alpha value is -1.35. The highest BCUT2D eigenvalue weighted by Gasteiger charge is 2.24. The predicted molar refractivity (Wildman–Crippen MR) is 70.7 cm³/mol. The molecule has 0 aliphatic heterocycles. The molecule has 1 aromatic carbocycles. The molecule has 94 valence electrons. The van der Waals surface area contributed by atoms with Crippen LogP contribution in [0.15, 0.2) is 24.3 Å². The summed E-state index contributed by atoms with van der Waals surface area (Å²) in [5, 5.41) is 2.92. The van der Waals surface area contributed by atoms with Gasteiger partial charge in [-0.25, -0.2) is 0 Å². The van der Waals surface area contributed by atoms with E-state index in [-0.39, 0.29) is 5.91 Å². The topological polar surface area (TPSA) is 55.1 Å². The van der Waals surface area contributed by atoms with E-state index in [1.54, 1.807) is 0 Å². The molecule has 0 aromatic heterocycles. The van der Waals surface area contributed by atoms with Crippen LogP contribution in [0.1, 0.15) is 25.0 Å². The third kappa shape index (κ3) is 4.19. The summed E-state index contributed by atoms with van der Waals surface area (Å²) in [5.74, 6) is 0.0205. The Morgan fingerprint density at radius 3 is 2.41 bits per heavy atom. The van der Waals surface area contributed by atoms with Gasteiger partial charge in [0, 0.05) is 13.1 Å². The fraction of sp³-hybridized carbons (Fsp3) is 0.500. The Kier molecular flexibility index (Phi) is 4.70. The van der Waals surface area contributed by atoms with E-state index in [4.69, 9.17) is 5.73 Å².